The molecule has 0 aliphatic rings. The van der Waals surface area contributed by atoms with E-state index in [1.807, 2.05) is 34.8 Å². The van der Waals surface area contributed by atoms with Crippen LogP contribution in [0.15, 0.2) is 17.7 Å². The zero-order valence-corrected chi connectivity index (χ0v) is 12.0. The third kappa shape index (κ3) is 2.81. The quantitative estimate of drug-likeness (QED) is 0.853. The summed E-state index contributed by atoms with van der Waals surface area (Å²) in [5.41, 5.74) is 0.705. The maximum atomic E-state index is 10.7. The molecule has 1 unspecified atom stereocenters. The fourth-order valence-corrected chi connectivity index (χ4v) is 2.63. The fourth-order valence-electron chi connectivity index (χ4n) is 1.92. The van der Waals surface area contributed by atoms with Crippen LogP contribution in [-0.4, -0.2) is 34.1 Å². The van der Waals surface area contributed by atoms with Gasteiger partial charge in [0, 0.05) is 31.2 Å². The summed E-state index contributed by atoms with van der Waals surface area (Å²) in [5.74, 6) is -0.457. The number of hydrogen-bond acceptors (Lipinski definition) is 5. The Labute approximate surface area is 120 Å². The average Bonchev–Trinajstić information content (AvgIpc) is 2.96. The lowest BCUT2D eigenvalue weighted by molar-refractivity contribution is -0.131. The van der Waals surface area contributed by atoms with Gasteiger partial charge in [-0.1, -0.05) is 0 Å². The van der Waals surface area contributed by atoms with Gasteiger partial charge in [-0.3, -0.25) is 4.40 Å². The summed E-state index contributed by atoms with van der Waals surface area (Å²) in [6, 6.07) is 2.18. The monoisotopic (exact) mass is 290 g/mol. The van der Waals surface area contributed by atoms with Crippen molar-refractivity contribution >= 4 is 34.2 Å². The first-order valence-corrected chi connectivity index (χ1v) is 6.88. The summed E-state index contributed by atoms with van der Waals surface area (Å²) in [6.07, 6.45) is 4.46. The van der Waals surface area contributed by atoms with E-state index >= 15 is 0 Å². The molecule has 0 fully saturated rings. The van der Waals surface area contributed by atoms with Gasteiger partial charge in [-0.15, -0.1) is 11.3 Å². The number of hydrogen-bond donors (Lipinski definition) is 1. The van der Waals surface area contributed by atoms with Crippen LogP contribution in [0.2, 0.25) is 0 Å². The number of nitriles is 1. The van der Waals surface area contributed by atoms with E-state index in [2.05, 4.69) is 11.1 Å². The zero-order valence-electron chi connectivity index (χ0n) is 11.1. The SMILES string of the molecule is CC(C#N)CN(C)c1nc2sccn2c1C=CC(=O)O. The van der Waals surface area contributed by atoms with Crippen LogP contribution < -0.4 is 4.90 Å². The number of aromatic nitrogens is 2. The molecule has 0 aliphatic carbocycles. The van der Waals surface area contributed by atoms with Gasteiger partial charge < -0.3 is 10.0 Å². The molecule has 2 rings (SSSR count). The molecule has 1 atom stereocenters. The van der Waals surface area contributed by atoms with Crippen LogP contribution in [0.3, 0.4) is 0 Å². The second-order valence-corrected chi connectivity index (χ2v) is 5.33. The van der Waals surface area contributed by atoms with Gasteiger partial charge in [0.2, 0.25) is 0 Å². The predicted octanol–water partition coefficient (Wildman–Crippen LogP) is 2.09. The largest absolute Gasteiger partial charge is 0.478 e. The van der Waals surface area contributed by atoms with E-state index in [0.29, 0.717) is 18.1 Å². The number of aliphatic carboxylic acids is 1. The molecular weight excluding hydrogens is 276 g/mol. The molecule has 20 heavy (non-hydrogen) atoms. The van der Waals surface area contributed by atoms with Crippen molar-refractivity contribution in [2.45, 2.75) is 6.92 Å². The molecule has 2 aromatic rings. The van der Waals surface area contributed by atoms with Crippen LogP contribution in [0.1, 0.15) is 12.6 Å². The Balaban J connectivity index is 2.41. The van der Waals surface area contributed by atoms with Gasteiger partial charge in [-0.25, -0.2) is 9.78 Å². The Hall–Kier alpha value is -2.33. The summed E-state index contributed by atoms with van der Waals surface area (Å²) >= 11 is 1.48. The number of carboxylic acids is 1. The number of anilines is 1. The summed E-state index contributed by atoms with van der Waals surface area (Å²) in [7, 11) is 1.85. The maximum Gasteiger partial charge on any atom is 0.328 e. The predicted molar refractivity (Wildman–Crippen MR) is 77.8 cm³/mol. The fraction of sp³-hybridized carbons (Fsp3) is 0.308. The third-order valence-electron chi connectivity index (χ3n) is 2.79. The molecule has 0 spiro atoms. The van der Waals surface area contributed by atoms with E-state index in [9.17, 15) is 4.79 Å². The van der Waals surface area contributed by atoms with Crippen LogP contribution in [0.4, 0.5) is 5.82 Å². The normalized spacial score (nSPS) is 12.7. The molecule has 0 bridgehead atoms. The molecular formula is C13H14N4O2S. The van der Waals surface area contributed by atoms with Gasteiger partial charge in [0.05, 0.1) is 17.7 Å². The van der Waals surface area contributed by atoms with Crippen molar-refractivity contribution in [2.24, 2.45) is 5.92 Å². The van der Waals surface area contributed by atoms with E-state index in [-0.39, 0.29) is 5.92 Å². The number of fused-ring (bicyclic) bond motifs is 1. The molecule has 2 heterocycles. The highest BCUT2D eigenvalue weighted by Crippen LogP contribution is 2.25. The van der Waals surface area contributed by atoms with Crippen molar-refractivity contribution in [1.29, 1.82) is 5.26 Å². The molecule has 0 saturated carbocycles. The lowest BCUT2D eigenvalue weighted by Gasteiger charge is -2.18. The topological polar surface area (TPSA) is 81.6 Å². The summed E-state index contributed by atoms with van der Waals surface area (Å²) in [6.45, 7) is 2.37. The molecule has 7 heteroatoms. The van der Waals surface area contributed by atoms with Crippen LogP contribution in [0, 0.1) is 17.2 Å². The Morgan fingerprint density at radius 2 is 2.50 bits per heavy atom. The van der Waals surface area contributed by atoms with E-state index in [1.165, 1.54) is 17.4 Å². The highest BCUT2D eigenvalue weighted by atomic mass is 32.1. The van der Waals surface area contributed by atoms with Crippen molar-refractivity contribution < 1.29 is 9.90 Å². The van der Waals surface area contributed by atoms with Crippen LogP contribution in [-0.2, 0) is 4.79 Å². The zero-order chi connectivity index (χ0) is 14.7. The molecule has 1 N–H and O–H groups in total. The Kier molecular flexibility index (Phi) is 4.05. The van der Waals surface area contributed by atoms with E-state index in [4.69, 9.17) is 10.4 Å². The average molecular weight is 290 g/mol. The van der Waals surface area contributed by atoms with E-state index in [1.54, 1.807) is 0 Å². The minimum absolute atomic E-state index is 0.129. The smallest absolute Gasteiger partial charge is 0.328 e. The second-order valence-electron chi connectivity index (χ2n) is 4.46. The highest BCUT2D eigenvalue weighted by Gasteiger charge is 2.16. The third-order valence-corrected chi connectivity index (χ3v) is 3.55. The minimum Gasteiger partial charge on any atom is -0.478 e. The lowest BCUT2D eigenvalue weighted by atomic mass is 10.2. The second kappa shape index (κ2) is 5.75. The molecule has 0 aliphatic heterocycles. The van der Waals surface area contributed by atoms with Crippen molar-refractivity contribution in [3.05, 3.63) is 23.3 Å². The van der Waals surface area contributed by atoms with Gasteiger partial charge in [-0.2, -0.15) is 5.26 Å². The summed E-state index contributed by atoms with van der Waals surface area (Å²) in [5, 5.41) is 19.6. The van der Waals surface area contributed by atoms with Crippen molar-refractivity contribution in [2.75, 3.05) is 18.5 Å². The minimum atomic E-state index is -1.01. The summed E-state index contributed by atoms with van der Waals surface area (Å²) in [4.78, 5) is 17.9. The molecule has 0 saturated heterocycles. The number of imidazole rings is 1. The standard InChI is InChI=1S/C13H14N4O2S/c1-9(7-14)8-16(2)12-10(3-4-11(18)19)17-5-6-20-13(17)15-12/h3-6,9H,8H2,1-2H3,(H,18,19). The van der Waals surface area contributed by atoms with Crippen molar-refractivity contribution in [3.63, 3.8) is 0 Å². The van der Waals surface area contributed by atoms with E-state index < -0.39 is 5.97 Å². The van der Waals surface area contributed by atoms with Crippen molar-refractivity contribution in [1.82, 2.24) is 9.38 Å². The van der Waals surface area contributed by atoms with Gasteiger partial charge >= 0.3 is 5.97 Å². The van der Waals surface area contributed by atoms with Gasteiger partial charge in [0.15, 0.2) is 10.8 Å². The maximum absolute atomic E-state index is 10.7. The van der Waals surface area contributed by atoms with E-state index in [0.717, 1.165) is 11.0 Å². The van der Waals surface area contributed by atoms with Gasteiger partial charge in [-0.05, 0) is 13.0 Å². The van der Waals surface area contributed by atoms with Crippen molar-refractivity contribution in [3.8, 4) is 6.07 Å². The lowest BCUT2D eigenvalue weighted by Crippen LogP contribution is -2.24. The van der Waals surface area contributed by atoms with Gasteiger partial charge in [0.25, 0.3) is 0 Å². The molecule has 2 aromatic heterocycles. The molecule has 0 aromatic carbocycles. The van der Waals surface area contributed by atoms with Crippen LogP contribution in [0.5, 0.6) is 0 Å². The molecule has 6 nitrogen and oxygen atoms in total. The molecule has 0 amide bonds. The Bertz CT molecular complexity index is 695. The summed E-state index contributed by atoms with van der Waals surface area (Å²) < 4.78 is 1.84. The van der Waals surface area contributed by atoms with Crippen LogP contribution in [0.25, 0.3) is 11.0 Å². The highest BCUT2D eigenvalue weighted by molar-refractivity contribution is 7.15. The number of carbonyl (C=O) groups is 1. The number of rotatable bonds is 5. The van der Waals surface area contributed by atoms with Gasteiger partial charge in [0.1, 0.15) is 0 Å². The van der Waals surface area contributed by atoms with Crippen LogP contribution >= 0.6 is 11.3 Å². The number of nitrogens with zero attached hydrogens (tertiary/aromatic N) is 4. The first kappa shape index (κ1) is 14.1. The molecule has 104 valence electrons. The molecule has 0 radical (unpaired) electrons. The number of carboxylic acid groups (broad SMARTS) is 1. The first-order chi connectivity index (χ1) is 9.52. The number of thiazole rings is 1. The Morgan fingerprint density at radius 3 is 3.15 bits per heavy atom. The first-order valence-electron chi connectivity index (χ1n) is 6.00. The Morgan fingerprint density at radius 1 is 1.75 bits per heavy atom.